The molecule has 70 valence electrons. The van der Waals surface area contributed by atoms with Crippen LogP contribution in [-0.4, -0.2) is 23.8 Å². The molecule has 0 aliphatic carbocycles. The Morgan fingerprint density at radius 2 is 2.33 bits per heavy atom. The predicted molar refractivity (Wildman–Crippen MR) is 54.2 cm³/mol. The van der Waals surface area contributed by atoms with E-state index in [1.165, 1.54) is 0 Å². The van der Waals surface area contributed by atoms with E-state index in [0.29, 0.717) is 0 Å². The van der Waals surface area contributed by atoms with Crippen LogP contribution in [0.5, 0.6) is 0 Å². The second-order valence-corrected chi connectivity index (χ2v) is 4.53. The molecule has 0 spiro atoms. The van der Waals surface area contributed by atoms with Crippen LogP contribution in [0.3, 0.4) is 0 Å². The van der Waals surface area contributed by atoms with Gasteiger partial charge in [-0.3, -0.25) is 0 Å². The Bertz CT molecular complexity index is 179. The minimum atomic E-state index is -0.222. The fraction of sp³-hybridized carbons (Fsp3) is 0.778. The SMILES string of the molecule is C=C1NC(C)(C)OC1CCSC. The summed E-state index contributed by atoms with van der Waals surface area (Å²) >= 11 is 1.84. The summed E-state index contributed by atoms with van der Waals surface area (Å²) in [5.41, 5.74) is 0.800. The van der Waals surface area contributed by atoms with Gasteiger partial charge in [0.1, 0.15) is 5.72 Å². The molecule has 0 saturated carbocycles. The number of ether oxygens (including phenoxy) is 1. The fourth-order valence-electron chi connectivity index (χ4n) is 1.38. The first-order chi connectivity index (χ1) is 5.55. The summed E-state index contributed by atoms with van der Waals surface area (Å²) in [6.45, 7) is 7.99. The molecule has 3 heteroatoms. The molecule has 0 amide bonds. The topological polar surface area (TPSA) is 21.3 Å². The van der Waals surface area contributed by atoms with Gasteiger partial charge in [0.25, 0.3) is 0 Å². The van der Waals surface area contributed by atoms with E-state index in [1.807, 2.05) is 25.6 Å². The maximum atomic E-state index is 5.74. The Kier molecular flexibility index (Phi) is 3.07. The van der Waals surface area contributed by atoms with E-state index in [4.69, 9.17) is 4.74 Å². The highest BCUT2D eigenvalue weighted by molar-refractivity contribution is 7.98. The highest BCUT2D eigenvalue weighted by Gasteiger charge is 2.33. The highest BCUT2D eigenvalue weighted by atomic mass is 32.2. The molecule has 1 fully saturated rings. The third-order valence-electron chi connectivity index (χ3n) is 1.87. The van der Waals surface area contributed by atoms with Gasteiger partial charge < -0.3 is 10.1 Å². The largest absolute Gasteiger partial charge is 0.360 e. The first-order valence-electron chi connectivity index (χ1n) is 4.19. The summed E-state index contributed by atoms with van der Waals surface area (Å²) in [4.78, 5) is 0. The van der Waals surface area contributed by atoms with Gasteiger partial charge in [-0.2, -0.15) is 11.8 Å². The number of nitrogens with one attached hydrogen (secondary N) is 1. The van der Waals surface area contributed by atoms with Crippen molar-refractivity contribution in [1.29, 1.82) is 0 Å². The molecule has 1 atom stereocenters. The molecule has 2 nitrogen and oxygen atoms in total. The standard InChI is InChI=1S/C9H17NOS/c1-7-8(5-6-12-4)11-9(2,3)10-7/h8,10H,1,5-6H2,2-4H3. The molecule has 0 radical (unpaired) electrons. The van der Waals surface area contributed by atoms with E-state index in [9.17, 15) is 0 Å². The quantitative estimate of drug-likeness (QED) is 0.730. The number of rotatable bonds is 3. The van der Waals surface area contributed by atoms with Crippen molar-refractivity contribution < 1.29 is 4.74 Å². The van der Waals surface area contributed by atoms with Gasteiger partial charge in [-0.25, -0.2) is 0 Å². The lowest BCUT2D eigenvalue weighted by Gasteiger charge is -2.17. The van der Waals surface area contributed by atoms with Crippen molar-refractivity contribution in [2.45, 2.75) is 32.1 Å². The maximum absolute atomic E-state index is 5.74. The summed E-state index contributed by atoms with van der Waals surface area (Å²) < 4.78 is 5.74. The zero-order valence-corrected chi connectivity index (χ0v) is 8.83. The van der Waals surface area contributed by atoms with Gasteiger partial charge in [0, 0.05) is 5.70 Å². The second-order valence-electron chi connectivity index (χ2n) is 3.55. The Labute approximate surface area is 78.7 Å². The minimum absolute atomic E-state index is 0.201. The average molecular weight is 187 g/mol. The van der Waals surface area contributed by atoms with Crippen LogP contribution in [0.4, 0.5) is 0 Å². The number of hydrogen-bond acceptors (Lipinski definition) is 3. The molecular weight excluding hydrogens is 170 g/mol. The molecule has 12 heavy (non-hydrogen) atoms. The van der Waals surface area contributed by atoms with Crippen molar-refractivity contribution in [3.05, 3.63) is 12.3 Å². The second kappa shape index (κ2) is 3.71. The molecule has 1 rings (SSSR count). The predicted octanol–water partition coefficient (Wildman–Crippen LogP) is 1.98. The fourth-order valence-corrected chi connectivity index (χ4v) is 1.83. The van der Waals surface area contributed by atoms with Gasteiger partial charge in [0.2, 0.25) is 0 Å². The number of hydrogen-bond donors (Lipinski definition) is 1. The van der Waals surface area contributed by atoms with Crippen molar-refractivity contribution in [1.82, 2.24) is 5.32 Å². The molecule has 1 unspecified atom stereocenters. The zero-order valence-electron chi connectivity index (χ0n) is 8.02. The minimum Gasteiger partial charge on any atom is -0.360 e. The molecule has 1 aliphatic heterocycles. The highest BCUT2D eigenvalue weighted by Crippen LogP contribution is 2.25. The average Bonchev–Trinajstić information content (AvgIpc) is 2.20. The first-order valence-corrected chi connectivity index (χ1v) is 5.58. The van der Waals surface area contributed by atoms with Crippen LogP contribution in [0.25, 0.3) is 0 Å². The zero-order chi connectivity index (χ0) is 9.19. The van der Waals surface area contributed by atoms with Gasteiger partial charge in [-0.05, 0) is 32.3 Å². The number of thioether (sulfide) groups is 1. The lowest BCUT2D eigenvalue weighted by Crippen LogP contribution is -2.32. The Balaban J connectivity index is 2.42. The summed E-state index contributed by atoms with van der Waals surface area (Å²) in [7, 11) is 0. The Morgan fingerprint density at radius 1 is 1.67 bits per heavy atom. The van der Waals surface area contributed by atoms with Crippen LogP contribution in [0.15, 0.2) is 12.3 Å². The molecule has 0 bridgehead atoms. The monoisotopic (exact) mass is 187 g/mol. The van der Waals surface area contributed by atoms with Crippen molar-refractivity contribution >= 4 is 11.8 Å². The van der Waals surface area contributed by atoms with Gasteiger partial charge in [-0.1, -0.05) is 6.58 Å². The van der Waals surface area contributed by atoms with Gasteiger partial charge >= 0.3 is 0 Å². The molecule has 0 aromatic heterocycles. The van der Waals surface area contributed by atoms with E-state index >= 15 is 0 Å². The molecule has 1 aliphatic rings. The summed E-state index contributed by atoms with van der Waals surface area (Å²) in [6.07, 6.45) is 3.36. The van der Waals surface area contributed by atoms with Crippen molar-refractivity contribution in [2.75, 3.05) is 12.0 Å². The van der Waals surface area contributed by atoms with Crippen LogP contribution in [-0.2, 0) is 4.74 Å². The van der Waals surface area contributed by atoms with E-state index in [0.717, 1.165) is 17.9 Å². The van der Waals surface area contributed by atoms with Crippen molar-refractivity contribution in [2.24, 2.45) is 0 Å². The van der Waals surface area contributed by atoms with Crippen molar-refractivity contribution in [3.8, 4) is 0 Å². The van der Waals surface area contributed by atoms with Gasteiger partial charge in [0.05, 0.1) is 6.10 Å². The summed E-state index contributed by atoms with van der Waals surface area (Å²) in [5.74, 6) is 1.13. The van der Waals surface area contributed by atoms with E-state index in [-0.39, 0.29) is 11.8 Å². The maximum Gasteiger partial charge on any atom is 0.133 e. The van der Waals surface area contributed by atoms with Gasteiger partial charge in [0.15, 0.2) is 0 Å². The van der Waals surface area contributed by atoms with Gasteiger partial charge in [-0.15, -0.1) is 0 Å². The van der Waals surface area contributed by atoms with E-state index < -0.39 is 0 Å². The Morgan fingerprint density at radius 3 is 2.75 bits per heavy atom. The molecule has 1 saturated heterocycles. The molecule has 0 aromatic carbocycles. The summed E-state index contributed by atoms with van der Waals surface area (Å²) in [5, 5.41) is 3.23. The van der Waals surface area contributed by atoms with Crippen molar-refractivity contribution in [3.63, 3.8) is 0 Å². The normalized spacial score (nSPS) is 27.2. The van der Waals surface area contributed by atoms with E-state index in [2.05, 4.69) is 18.2 Å². The summed E-state index contributed by atoms with van der Waals surface area (Å²) in [6, 6.07) is 0. The van der Waals surface area contributed by atoms with Crippen LogP contribution >= 0.6 is 11.8 Å². The first kappa shape index (κ1) is 9.93. The van der Waals surface area contributed by atoms with E-state index in [1.54, 1.807) is 0 Å². The van der Waals surface area contributed by atoms with Crippen LogP contribution in [0.1, 0.15) is 20.3 Å². The molecular formula is C9H17NOS. The molecule has 1 N–H and O–H groups in total. The third-order valence-corrected chi connectivity index (χ3v) is 2.52. The lowest BCUT2D eigenvalue weighted by atomic mass is 10.2. The van der Waals surface area contributed by atoms with Crippen LogP contribution in [0, 0.1) is 0 Å². The third kappa shape index (κ3) is 2.42. The lowest BCUT2D eigenvalue weighted by molar-refractivity contribution is -0.0219. The smallest absolute Gasteiger partial charge is 0.133 e. The van der Waals surface area contributed by atoms with Crippen LogP contribution in [0.2, 0.25) is 0 Å². The van der Waals surface area contributed by atoms with Crippen LogP contribution < -0.4 is 5.32 Å². The molecule has 0 aromatic rings. The molecule has 1 heterocycles. The Hall–Kier alpha value is -0.150.